The molecule has 6 heteroatoms. The lowest BCUT2D eigenvalue weighted by molar-refractivity contribution is -0.142. The van der Waals surface area contributed by atoms with Gasteiger partial charge in [0.25, 0.3) is 0 Å². The molecule has 0 radical (unpaired) electrons. The number of nitrogens with two attached hydrogens (primary N) is 1. The molecule has 1 heterocycles. The van der Waals surface area contributed by atoms with Gasteiger partial charge in [0.1, 0.15) is 5.70 Å². The summed E-state index contributed by atoms with van der Waals surface area (Å²) in [4.78, 5) is 27.1. The number of hydrogen-bond donors (Lipinski definition) is 2. The summed E-state index contributed by atoms with van der Waals surface area (Å²) >= 11 is 0. The molecule has 0 unspecified atom stereocenters. The molecule has 0 aliphatic carbocycles. The SMILES string of the molecule is CC(C)CCN1C(=N)/C(=C\N)N(c2ccccc2)C(=O)C1=O. The Morgan fingerprint density at radius 1 is 1.18 bits per heavy atom. The number of amides is 2. The Morgan fingerprint density at radius 3 is 2.36 bits per heavy atom. The average molecular weight is 300 g/mol. The fourth-order valence-electron chi connectivity index (χ4n) is 2.25. The zero-order valence-electron chi connectivity index (χ0n) is 12.7. The van der Waals surface area contributed by atoms with E-state index in [0.717, 1.165) is 0 Å². The molecule has 0 atom stereocenters. The molecule has 22 heavy (non-hydrogen) atoms. The van der Waals surface area contributed by atoms with E-state index >= 15 is 0 Å². The Bertz CT molecular complexity index is 622. The maximum absolute atomic E-state index is 12.4. The van der Waals surface area contributed by atoms with Crippen LogP contribution in [-0.4, -0.2) is 29.1 Å². The van der Waals surface area contributed by atoms with E-state index in [4.69, 9.17) is 11.1 Å². The molecule has 1 aliphatic rings. The maximum Gasteiger partial charge on any atom is 0.321 e. The number of carbonyl (C=O) groups excluding carboxylic acids is 2. The number of para-hydroxylation sites is 1. The number of hydrogen-bond acceptors (Lipinski definition) is 4. The maximum atomic E-state index is 12.4. The van der Waals surface area contributed by atoms with Gasteiger partial charge in [-0.05, 0) is 24.5 Å². The third-order valence-corrected chi connectivity index (χ3v) is 3.49. The Balaban J connectivity index is 2.36. The minimum absolute atomic E-state index is 0.0448. The molecule has 0 bridgehead atoms. The quantitative estimate of drug-likeness (QED) is 0.829. The lowest BCUT2D eigenvalue weighted by atomic mass is 10.1. The van der Waals surface area contributed by atoms with Gasteiger partial charge in [0.05, 0.1) is 0 Å². The van der Waals surface area contributed by atoms with E-state index in [2.05, 4.69) is 0 Å². The van der Waals surface area contributed by atoms with Gasteiger partial charge in [-0.2, -0.15) is 0 Å². The molecule has 2 amide bonds. The predicted octanol–water partition coefficient (Wildman–Crippen LogP) is 1.69. The summed E-state index contributed by atoms with van der Waals surface area (Å²) in [5, 5.41) is 8.21. The summed E-state index contributed by atoms with van der Waals surface area (Å²) in [5.74, 6) is -1.06. The topological polar surface area (TPSA) is 90.5 Å². The van der Waals surface area contributed by atoms with Crippen molar-refractivity contribution in [2.24, 2.45) is 11.7 Å². The van der Waals surface area contributed by atoms with E-state index in [9.17, 15) is 9.59 Å². The lowest BCUT2D eigenvalue weighted by Crippen LogP contribution is -2.56. The summed E-state index contributed by atoms with van der Waals surface area (Å²) in [7, 11) is 0. The number of nitrogens with one attached hydrogen (secondary N) is 1. The summed E-state index contributed by atoms with van der Waals surface area (Å²) in [6.07, 6.45) is 1.91. The van der Waals surface area contributed by atoms with Crippen molar-refractivity contribution in [2.75, 3.05) is 11.4 Å². The summed E-state index contributed by atoms with van der Waals surface area (Å²) < 4.78 is 0. The molecule has 0 spiro atoms. The molecule has 0 aromatic heterocycles. The number of piperazine rings is 1. The first-order chi connectivity index (χ1) is 10.5. The zero-order chi connectivity index (χ0) is 16.3. The predicted molar refractivity (Wildman–Crippen MR) is 85.1 cm³/mol. The van der Waals surface area contributed by atoms with Gasteiger partial charge in [0.2, 0.25) is 0 Å². The minimum atomic E-state index is -0.694. The third kappa shape index (κ3) is 2.86. The molecule has 1 aliphatic heterocycles. The van der Waals surface area contributed by atoms with Crippen molar-refractivity contribution in [1.29, 1.82) is 5.41 Å². The second-order valence-corrected chi connectivity index (χ2v) is 5.52. The van der Waals surface area contributed by atoms with Gasteiger partial charge < -0.3 is 5.73 Å². The number of carbonyl (C=O) groups is 2. The average Bonchev–Trinajstić information content (AvgIpc) is 2.51. The van der Waals surface area contributed by atoms with Crippen LogP contribution in [0, 0.1) is 11.3 Å². The summed E-state index contributed by atoms with van der Waals surface area (Å²) in [6, 6.07) is 8.73. The first-order valence-electron chi connectivity index (χ1n) is 7.19. The second kappa shape index (κ2) is 6.43. The smallest absolute Gasteiger partial charge is 0.321 e. The monoisotopic (exact) mass is 300 g/mol. The molecule has 2 rings (SSSR count). The molecule has 3 N–H and O–H groups in total. The van der Waals surface area contributed by atoms with Crippen LogP contribution in [0.15, 0.2) is 42.2 Å². The Morgan fingerprint density at radius 2 is 1.82 bits per heavy atom. The standard InChI is InChI=1S/C16H20N4O2/c1-11(2)8-9-19-14(18)13(10-17)20(16(22)15(19)21)12-6-4-3-5-7-12/h3-7,10-11,18H,8-9,17H2,1-2H3/b13-10+,18-14?. The Labute approximate surface area is 129 Å². The molecule has 1 fully saturated rings. The van der Waals surface area contributed by atoms with Crippen LogP contribution in [0.5, 0.6) is 0 Å². The van der Waals surface area contributed by atoms with E-state index in [1.54, 1.807) is 24.3 Å². The fourth-order valence-corrected chi connectivity index (χ4v) is 2.25. The molecule has 1 aromatic carbocycles. The van der Waals surface area contributed by atoms with Crippen molar-refractivity contribution >= 4 is 23.3 Å². The normalized spacial score (nSPS) is 17.8. The first kappa shape index (κ1) is 15.8. The zero-order valence-corrected chi connectivity index (χ0v) is 12.7. The number of benzene rings is 1. The van der Waals surface area contributed by atoms with Gasteiger partial charge in [-0.1, -0.05) is 32.0 Å². The molecular weight excluding hydrogens is 280 g/mol. The van der Waals surface area contributed by atoms with Gasteiger partial charge in [0, 0.05) is 18.4 Å². The van der Waals surface area contributed by atoms with Gasteiger partial charge in [0.15, 0.2) is 5.84 Å². The van der Waals surface area contributed by atoms with Crippen LogP contribution in [0.4, 0.5) is 5.69 Å². The largest absolute Gasteiger partial charge is 0.403 e. The molecular formula is C16H20N4O2. The highest BCUT2D eigenvalue weighted by Crippen LogP contribution is 2.25. The number of rotatable bonds is 4. The van der Waals surface area contributed by atoms with Crippen molar-refractivity contribution < 1.29 is 9.59 Å². The molecule has 6 nitrogen and oxygen atoms in total. The summed E-state index contributed by atoms with van der Waals surface area (Å²) in [6.45, 7) is 4.38. The minimum Gasteiger partial charge on any atom is -0.403 e. The van der Waals surface area contributed by atoms with Crippen LogP contribution in [0.3, 0.4) is 0 Å². The lowest BCUT2D eigenvalue weighted by Gasteiger charge is -2.36. The Kier molecular flexibility index (Phi) is 4.60. The van der Waals surface area contributed by atoms with Crippen LogP contribution in [0.2, 0.25) is 0 Å². The Hall–Kier alpha value is -2.63. The van der Waals surface area contributed by atoms with Crippen LogP contribution >= 0.6 is 0 Å². The summed E-state index contributed by atoms with van der Waals surface area (Å²) in [5.41, 5.74) is 6.35. The van der Waals surface area contributed by atoms with E-state index in [1.807, 2.05) is 19.9 Å². The van der Waals surface area contributed by atoms with Crippen molar-refractivity contribution in [3.8, 4) is 0 Å². The van der Waals surface area contributed by atoms with Crippen LogP contribution in [0.25, 0.3) is 0 Å². The highest BCUT2D eigenvalue weighted by Gasteiger charge is 2.40. The van der Waals surface area contributed by atoms with E-state index in [-0.39, 0.29) is 11.5 Å². The van der Waals surface area contributed by atoms with Crippen molar-refractivity contribution in [2.45, 2.75) is 20.3 Å². The highest BCUT2D eigenvalue weighted by molar-refractivity contribution is 6.48. The molecule has 1 aromatic rings. The highest BCUT2D eigenvalue weighted by atomic mass is 16.2. The van der Waals surface area contributed by atoms with Crippen molar-refractivity contribution in [1.82, 2.24) is 4.90 Å². The van der Waals surface area contributed by atoms with Crippen molar-refractivity contribution in [3.05, 3.63) is 42.2 Å². The van der Waals surface area contributed by atoms with Crippen LogP contribution < -0.4 is 10.6 Å². The van der Waals surface area contributed by atoms with Crippen LogP contribution in [0.1, 0.15) is 20.3 Å². The second-order valence-electron chi connectivity index (χ2n) is 5.52. The van der Waals surface area contributed by atoms with Gasteiger partial charge in [-0.15, -0.1) is 0 Å². The third-order valence-electron chi connectivity index (χ3n) is 3.49. The van der Waals surface area contributed by atoms with E-state index in [1.165, 1.54) is 16.0 Å². The van der Waals surface area contributed by atoms with Gasteiger partial charge in [-0.25, -0.2) is 0 Å². The van der Waals surface area contributed by atoms with Gasteiger partial charge in [-0.3, -0.25) is 24.8 Å². The van der Waals surface area contributed by atoms with E-state index in [0.29, 0.717) is 24.6 Å². The number of anilines is 1. The number of amidine groups is 1. The van der Waals surface area contributed by atoms with Gasteiger partial charge >= 0.3 is 11.8 Å². The number of nitrogens with zero attached hydrogens (tertiary/aromatic N) is 2. The van der Waals surface area contributed by atoms with Crippen LogP contribution in [-0.2, 0) is 9.59 Å². The molecule has 0 saturated carbocycles. The first-order valence-corrected chi connectivity index (χ1v) is 7.19. The van der Waals surface area contributed by atoms with Crippen molar-refractivity contribution in [3.63, 3.8) is 0 Å². The molecule has 116 valence electrons. The van der Waals surface area contributed by atoms with E-state index < -0.39 is 11.8 Å². The molecule has 1 saturated heterocycles. The fraction of sp³-hybridized carbons (Fsp3) is 0.312.